The van der Waals surface area contributed by atoms with Gasteiger partial charge in [0, 0.05) is 18.1 Å². The Kier molecular flexibility index (Phi) is 3.03. The average Bonchev–Trinajstić information content (AvgIpc) is 2.13. The molecule has 1 N–H and O–H groups in total. The summed E-state index contributed by atoms with van der Waals surface area (Å²) in [6, 6.07) is 0. The second kappa shape index (κ2) is 3.87. The molecule has 1 heterocycles. The van der Waals surface area contributed by atoms with Gasteiger partial charge in [0.2, 0.25) is 0 Å². The van der Waals surface area contributed by atoms with Crippen LogP contribution in [0.25, 0.3) is 0 Å². The molecule has 0 bridgehead atoms. The Hall–Kier alpha value is -0.0600. The van der Waals surface area contributed by atoms with Crippen molar-refractivity contribution in [3.05, 3.63) is 0 Å². The molecule has 0 radical (unpaired) electrons. The quantitative estimate of drug-likeness (QED) is 0.522. The third-order valence-corrected chi connectivity index (χ3v) is 2.07. The molecule has 0 aliphatic carbocycles. The van der Waals surface area contributed by atoms with Crippen LogP contribution in [0.1, 0.15) is 0 Å². The van der Waals surface area contributed by atoms with E-state index in [-0.39, 0.29) is 6.10 Å². The minimum Gasteiger partial charge on any atom is -0.300 e. The maximum Gasteiger partial charge on any atom is 0.151 e. The van der Waals surface area contributed by atoms with Crippen LogP contribution in [0.3, 0.4) is 0 Å². The molecular weight excluding hydrogens is 138 g/mol. The maximum absolute atomic E-state index is 10.1. The summed E-state index contributed by atoms with van der Waals surface area (Å²) in [5.74, 6) is 1.79. The van der Waals surface area contributed by atoms with Crippen molar-refractivity contribution in [3.63, 3.8) is 0 Å². The number of carbonyl (C=O) groups excluding carboxylic acids is 1. The molecule has 0 amide bonds. The second-order valence-electron chi connectivity index (χ2n) is 1.76. The molecule has 1 unspecified atom stereocenters. The number of hydrogen-bond donors (Lipinski definition) is 1. The van der Waals surface area contributed by atoms with Crippen LogP contribution in [0.4, 0.5) is 0 Å². The van der Waals surface area contributed by atoms with Gasteiger partial charge in [0.15, 0.2) is 6.29 Å². The van der Waals surface area contributed by atoms with Gasteiger partial charge in [-0.3, -0.25) is 4.84 Å². The van der Waals surface area contributed by atoms with Crippen LogP contribution in [-0.4, -0.2) is 30.4 Å². The van der Waals surface area contributed by atoms with Gasteiger partial charge in [-0.15, -0.1) is 0 Å². The summed E-state index contributed by atoms with van der Waals surface area (Å²) in [6.07, 6.45) is 0.572. The second-order valence-corrected chi connectivity index (χ2v) is 2.91. The van der Waals surface area contributed by atoms with Crippen LogP contribution < -0.4 is 5.48 Å². The monoisotopic (exact) mass is 147 g/mol. The van der Waals surface area contributed by atoms with Gasteiger partial charge in [0.25, 0.3) is 0 Å². The molecule has 1 atom stereocenters. The Bertz CT molecular complexity index is 91.0. The lowest BCUT2D eigenvalue weighted by atomic mass is 10.5. The van der Waals surface area contributed by atoms with Crippen LogP contribution in [0, 0.1) is 0 Å². The molecule has 1 aliphatic rings. The van der Waals surface area contributed by atoms with Crippen LogP contribution >= 0.6 is 11.8 Å². The molecule has 9 heavy (non-hydrogen) atoms. The highest BCUT2D eigenvalue weighted by Crippen LogP contribution is 2.05. The molecule has 1 rings (SSSR count). The zero-order valence-corrected chi connectivity index (χ0v) is 5.82. The van der Waals surface area contributed by atoms with E-state index in [4.69, 9.17) is 4.84 Å². The van der Waals surface area contributed by atoms with E-state index >= 15 is 0 Å². The summed E-state index contributed by atoms with van der Waals surface area (Å²) >= 11 is 1.73. The minimum atomic E-state index is -0.252. The van der Waals surface area contributed by atoms with E-state index < -0.39 is 0 Å². The van der Waals surface area contributed by atoms with Crippen LogP contribution in [-0.2, 0) is 9.63 Å². The van der Waals surface area contributed by atoms with E-state index in [1.807, 2.05) is 0 Å². The summed E-state index contributed by atoms with van der Waals surface area (Å²) in [4.78, 5) is 15.0. The largest absolute Gasteiger partial charge is 0.300 e. The molecule has 4 heteroatoms. The Balaban J connectivity index is 2.26. The summed E-state index contributed by atoms with van der Waals surface area (Å²) in [5.41, 5.74) is 2.70. The van der Waals surface area contributed by atoms with Gasteiger partial charge in [-0.05, 0) is 0 Å². The van der Waals surface area contributed by atoms with E-state index in [1.54, 1.807) is 11.8 Å². The highest BCUT2D eigenvalue weighted by atomic mass is 32.2. The topological polar surface area (TPSA) is 38.3 Å². The van der Waals surface area contributed by atoms with Crippen molar-refractivity contribution in [2.75, 3.05) is 18.1 Å². The molecule has 0 aromatic heterocycles. The molecule has 52 valence electrons. The number of hydroxylamine groups is 1. The van der Waals surface area contributed by atoms with E-state index in [9.17, 15) is 4.79 Å². The fourth-order valence-corrected chi connectivity index (χ4v) is 1.35. The fourth-order valence-electron chi connectivity index (χ4n) is 0.580. The number of rotatable bonds is 1. The number of nitrogens with one attached hydrogen (secondary N) is 1. The lowest BCUT2D eigenvalue weighted by Crippen LogP contribution is -2.24. The van der Waals surface area contributed by atoms with Crippen LogP contribution in [0.2, 0.25) is 0 Å². The fraction of sp³-hybridized carbons (Fsp3) is 0.800. The maximum atomic E-state index is 10.1. The third kappa shape index (κ3) is 2.34. The predicted octanol–water partition coefficient (Wildman–Crippen LogP) is -0.178. The number of aldehydes is 1. The first-order valence-electron chi connectivity index (χ1n) is 2.85. The Morgan fingerprint density at radius 2 is 2.67 bits per heavy atom. The van der Waals surface area contributed by atoms with E-state index in [2.05, 4.69) is 5.48 Å². The van der Waals surface area contributed by atoms with Gasteiger partial charge >= 0.3 is 0 Å². The normalized spacial score (nSPS) is 29.1. The van der Waals surface area contributed by atoms with Crippen molar-refractivity contribution in [1.82, 2.24) is 5.48 Å². The third-order valence-electron chi connectivity index (χ3n) is 1.02. The van der Waals surface area contributed by atoms with Crippen molar-refractivity contribution < 1.29 is 9.63 Å². The van der Waals surface area contributed by atoms with E-state index in [0.29, 0.717) is 0 Å². The Labute approximate surface area is 58.1 Å². The summed E-state index contributed by atoms with van der Waals surface area (Å²) in [5, 5.41) is 0. The number of thioether (sulfide) groups is 1. The number of hydrogen-bond acceptors (Lipinski definition) is 4. The lowest BCUT2D eigenvalue weighted by Gasteiger charge is -2.03. The van der Waals surface area contributed by atoms with Gasteiger partial charge in [-0.2, -0.15) is 11.8 Å². The predicted molar refractivity (Wildman–Crippen MR) is 36.3 cm³/mol. The summed E-state index contributed by atoms with van der Waals surface area (Å²) < 4.78 is 0. The molecule has 0 saturated carbocycles. The van der Waals surface area contributed by atoms with Gasteiger partial charge in [-0.1, -0.05) is 0 Å². The van der Waals surface area contributed by atoms with E-state index in [1.165, 1.54) is 0 Å². The van der Waals surface area contributed by atoms with Gasteiger partial charge in [0.1, 0.15) is 6.10 Å². The molecule has 3 nitrogen and oxygen atoms in total. The SMILES string of the molecule is O=CC1CSCCNO1. The number of carbonyl (C=O) groups is 1. The molecule has 0 aromatic carbocycles. The molecule has 0 spiro atoms. The molecule has 1 saturated heterocycles. The Morgan fingerprint density at radius 3 is 3.44 bits per heavy atom. The van der Waals surface area contributed by atoms with Gasteiger partial charge in [-0.25, -0.2) is 5.48 Å². The smallest absolute Gasteiger partial charge is 0.151 e. The molecular formula is C5H9NO2S. The summed E-state index contributed by atoms with van der Waals surface area (Å²) in [6.45, 7) is 0.828. The Morgan fingerprint density at radius 1 is 1.78 bits per heavy atom. The molecule has 1 aliphatic heterocycles. The average molecular weight is 147 g/mol. The van der Waals surface area contributed by atoms with Crippen molar-refractivity contribution in [3.8, 4) is 0 Å². The highest BCUT2D eigenvalue weighted by Gasteiger charge is 2.10. The van der Waals surface area contributed by atoms with Crippen molar-refractivity contribution in [2.24, 2.45) is 0 Å². The van der Waals surface area contributed by atoms with Gasteiger partial charge < -0.3 is 4.79 Å². The highest BCUT2D eigenvalue weighted by molar-refractivity contribution is 7.99. The lowest BCUT2D eigenvalue weighted by molar-refractivity contribution is -0.120. The standard InChI is InChI=1S/C5H9NO2S/c7-3-5-4-9-2-1-6-8-5/h3,5-6H,1-2,4H2. The first-order chi connectivity index (χ1) is 4.43. The van der Waals surface area contributed by atoms with Crippen molar-refractivity contribution in [2.45, 2.75) is 6.10 Å². The first-order valence-corrected chi connectivity index (χ1v) is 4.00. The van der Waals surface area contributed by atoms with Gasteiger partial charge in [0.05, 0.1) is 0 Å². The zero-order chi connectivity index (χ0) is 6.53. The van der Waals surface area contributed by atoms with Crippen LogP contribution in [0.15, 0.2) is 0 Å². The van der Waals surface area contributed by atoms with Crippen molar-refractivity contribution in [1.29, 1.82) is 0 Å². The minimum absolute atomic E-state index is 0.252. The zero-order valence-electron chi connectivity index (χ0n) is 5.00. The van der Waals surface area contributed by atoms with E-state index in [0.717, 1.165) is 24.3 Å². The first kappa shape index (κ1) is 7.05. The summed E-state index contributed by atoms with van der Waals surface area (Å²) in [7, 11) is 0. The van der Waals surface area contributed by atoms with Crippen molar-refractivity contribution >= 4 is 18.0 Å². The van der Waals surface area contributed by atoms with Crippen LogP contribution in [0.5, 0.6) is 0 Å². The molecule has 1 fully saturated rings. The molecule has 0 aromatic rings.